The zero-order valence-corrected chi connectivity index (χ0v) is 13.6. The molecule has 0 N–H and O–H groups in total. The van der Waals surface area contributed by atoms with Crippen LogP contribution in [-0.2, 0) is 26.1 Å². The predicted octanol–water partition coefficient (Wildman–Crippen LogP) is 2.60. The molecule has 2 rings (SSSR count). The summed E-state index contributed by atoms with van der Waals surface area (Å²) in [5.41, 5.74) is 1.98. The molecule has 1 saturated carbocycles. The van der Waals surface area contributed by atoms with Gasteiger partial charge in [0.05, 0.1) is 26.4 Å². The number of hydrogen-bond donors (Lipinski definition) is 0. The molecule has 1 aromatic carbocycles. The van der Waals surface area contributed by atoms with Gasteiger partial charge in [-0.1, -0.05) is 17.7 Å². The van der Waals surface area contributed by atoms with E-state index in [1.807, 2.05) is 25.1 Å². The number of benzene rings is 1. The Hall–Kier alpha value is -1.36. The fourth-order valence-electron chi connectivity index (χ4n) is 2.51. The summed E-state index contributed by atoms with van der Waals surface area (Å²) in [7, 11) is 2.01. The van der Waals surface area contributed by atoms with Gasteiger partial charge in [0.15, 0.2) is 0 Å². The molecule has 1 fully saturated rings. The minimum atomic E-state index is -1.00. The van der Waals surface area contributed by atoms with Crippen LogP contribution in [0.15, 0.2) is 18.2 Å². The molecular formula is C16H22O4S. The maximum atomic E-state index is 12.4. The van der Waals surface area contributed by atoms with Crippen molar-refractivity contribution in [2.75, 3.05) is 20.0 Å². The first-order valence-electron chi connectivity index (χ1n) is 7.03. The third-order valence-electron chi connectivity index (χ3n) is 3.92. The van der Waals surface area contributed by atoms with Gasteiger partial charge in [0.2, 0.25) is 0 Å². The first kappa shape index (κ1) is 16.0. The molecule has 5 heteroatoms. The zero-order chi connectivity index (χ0) is 15.5. The Morgan fingerprint density at radius 2 is 2.05 bits per heavy atom. The number of carbonyl (C=O) groups excluding carboxylic acids is 1. The van der Waals surface area contributed by atoms with Crippen LogP contribution < -0.4 is 4.74 Å². The lowest BCUT2D eigenvalue weighted by Crippen LogP contribution is -2.18. The van der Waals surface area contributed by atoms with Crippen LogP contribution in [0, 0.1) is 12.3 Å². The molecule has 1 aliphatic carbocycles. The summed E-state index contributed by atoms with van der Waals surface area (Å²) in [5.74, 6) is 1.58. The lowest BCUT2D eigenvalue weighted by molar-refractivity contribution is -0.141. The van der Waals surface area contributed by atoms with Crippen LogP contribution in [0.1, 0.15) is 30.4 Å². The highest BCUT2D eigenvalue weighted by Gasteiger charge is 2.45. The van der Waals surface area contributed by atoms with E-state index in [0.29, 0.717) is 17.9 Å². The Morgan fingerprint density at radius 3 is 2.62 bits per heavy atom. The molecule has 0 radical (unpaired) electrons. The van der Waals surface area contributed by atoms with Gasteiger partial charge in [0.1, 0.15) is 5.75 Å². The van der Waals surface area contributed by atoms with Gasteiger partial charge in [-0.15, -0.1) is 0 Å². The highest BCUT2D eigenvalue weighted by Crippen LogP contribution is 2.49. The molecule has 0 heterocycles. The van der Waals surface area contributed by atoms with E-state index in [4.69, 9.17) is 9.47 Å². The van der Waals surface area contributed by atoms with Crippen LogP contribution in [0.25, 0.3) is 0 Å². The predicted molar refractivity (Wildman–Crippen MR) is 82.7 cm³/mol. The van der Waals surface area contributed by atoms with Gasteiger partial charge in [-0.3, -0.25) is 9.00 Å². The summed E-state index contributed by atoms with van der Waals surface area (Å²) in [5, 5.41) is 0. The quantitative estimate of drug-likeness (QED) is 0.726. The number of carbonyl (C=O) groups is 1. The van der Waals surface area contributed by atoms with Crippen LogP contribution in [0.4, 0.5) is 0 Å². The van der Waals surface area contributed by atoms with Gasteiger partial charge in [-0.25, -0.2) is 0 Å². The Morgan fingerprint density at radius 1 is 1.33 bits per heavy atom. The van der Waals surface area contributed by atoms with Crippen molar-refractivity contribution in [2.45, 2.75) is 31.9 Å². The van der Waals surface area contributed by atoms with E-state index >= 15 is 0 Å². The zero-order valence-electron chi connectivity index (χ0n) is 12.8. The van der Waals surface area contributed by atoms with Gasteiger partial charge in [0.25, 0.3) is 0 Å². The molecule has 0 amide bonds. The highest BCUT2D eigenvalue weighted by molar-refractivity contribution is 7.84. The average Bonchev–Trinajstić information content (AvgIpc) is 3.17. The first-order chi connectivity index (χ1) is 9.98. The maximum absolute atomic E-state index is 12.4. The minimum absolute atomic E-state index is 0.102. The number of ether oxygens (including phenoxy) is 2. The molecule has 116 valence electrons. The summed E-state index contributed by atoms with van der Waals surface area (Å²) >= 11 is 0. The van der Waals surface area contributed by atoms with E-state index in [1.165, 1.54) is 7.11 Å². The summed E-state index contributed by atoms with van der Waals surface area (Å²) in [6, 6.07) is 5.89. The third-order valence-corrected chi connectivity index (χ3v) is 5.49. The minimum Gasteiger partial charge on any atom is -0.496 e. The standard InChI is InChI=1S/C16H22O4S/c1-12-4-5-14(19-2)13(8-12)10-21(18)11-16(6-7-16)9-15(17)20-3/h4-5,8H,6-7,9-11H2,1-3H3. The number of aryl methyl sites for hydroxylation is 1. The van der Waals surface area contributed by atoms with Crippen molar-refractivity contribution < 1.29 is 18.5 Å². The lowest BCUT2D eigenvalue weighted by atomic mass is 10.1. The van der Waals surface area contributed by atoms with E-state index in [1.54, 1.807) is 7.11 Å². The number of rotatable bonds is 7. The second kappa shape index (κ2) is 6.60. The van der Waals surface area contributed by atoms with Gasteiger partial charge in [-0.05, 0) is 31.2 Å². The van der Waals surface area contributed by atoms with E-state index in [-0.39, 0.29) is 11.4 Å². The van der Waals surface area contributed by atoms with Gasteiger partial charge >= 0.3 is 5.97 Å². The van der Waals surface area contributed by atoms with Crippen molar-refractivity contribution >= 4 is 16.8 Å². The number of esters is 1. The molecule has 0 aromatic heterocycles. The average molecular weight is 310 g/mol. The number of methoxy groups -OCH3 is 2. The molecule has 4 nitrogen and oxygen atoms in total. The summed E-state index contributed by atoms with van der Waals surface area (Å²) < 4.78 is 22.5. The Labute approximate surface area is 128 Å². The summed E-state index contributed by atoms with van der Waals surface area (Å²) in [6.45, 7) is 2.01. The molecule has 0 aliphatic heterocycles. The van der Waals surface area contributed by atoms with Crippen LogP contribution in [0.3, 0.4) is 0 Å². The molecule has 1 aromatic rings. The summed E-state index contributed by atoms with van der Waals surface area (Å²) in [6.07, 6.45) is 2.29. The fourth-order valence-corrected chi connectivity index (χ4v) is 4.26. The number of hydrogen-bond acceptors (Lipinski definition) is 4. The van der Waals surface area contributed by atoms with Crippen LogP contribution in [0.2, 0.25) is 0 Å². The SMILES string of the molecule is COC(=O)CC1(CS(=O)Cc2cc(C)ccc2OC)CC1. The molecule has 0 spiro atoms. The van der Waals surface area contributed by atoms with Crippen LogP contribution in [0.5, 0.6) is 5.75 Å². The third kappa shape index (κ3) is 4.30. The van der Waals surface area contributed by atoms with Gasteiger partial charge in [-0.2, -0.15) is 0 Å². The van der Waals surface area contributed by atoms with E-state index in [9.17, 15) is 9.00 Å². The van der Waals surface area contributed by atoms with E-state index in [0.717, 1.165) is 29.7 Å². The molecule has 1 atom stereocenters. The van der Waals surface area contributed by atoms with Crippen molar-refractivity contribution in [3.63, 3.8) is 0 Å². The van der Waals surface area contributed by atoms with Gasteiger partial charge in [0, 0.05) is 22.1 Å². The Bertz CT molecular complexity index is 549. The lowest BCUT2D eigenvalue weighted by Gasteiger charge is -2.14. The maximum Gasteiger partial charge on any atom is 0.306 e. The molecular weight excluding hydrogens is 288 g/mol. The van der Waals surface area contributed by atoms with Crippen molar-refractivity contribution in [3.8, 4) is 5.75 Å². The second-order valence-electron chi connectivity index (χ2n) is 5.80. The molecule has 0 bridgehead atoms. The second-order valence-corrected chi connectivity index (χ2v) is 7.25. The molecule has 1 aliphatic rings. The van der Waals surface area contributed by atoms with Crippen molar-refractivity contribution in [2.24, 2.45) is 5.41 Å². The summed E-state index contributed by atoms with van der Waals surface area (Å²) in [4.78, 5) is 11.4. The van der Waals surface area contributed by atoms with E-state index < -0.39 is 10.8 Å². The Kier molecular flexibility index (Phi) is 5.04. The van der Waals surface area contributed by atoms with Gasteiger partial charge < -0.3 is 9.47 Å². The van der Waals surface area contributed by atoms with Crippen molar-refractivity contribution in [1.29, 1.82) is 0 Å². The monoisotopic (exact) mass is 310 g/mol. The highest BCUT2D eigenvalue weighted by atomic mass is 32.2. The van der Waals surface area contributed by atoms with Crippen molar-refractivity contribution in [3.05, 3.63) is 29.3 Å². The van der Waals surface area contributed by atoms with Crippen molar-refractivity contribution in [1.82, 2.24) is 0 Å². The van der Waals surface area contributed by atoms with Crippen LogP contribution >= 0.6 is 0 Å². The van der Waals surface area contributed by atoms with Crippen LogP contribution in [-0.4, -0.2) is 30.2 Å². The first-order valence-corrected chi connectivity index (χ1v) is 8.52. The topological polar surface area (TPSA) is 52.6 Å². The Balaban J connectivity index is 1.99. The molecule has 1 unspecified atom stereocenters. The van der Waals surface area contributed by atoms with E-state index in [2.05, 4.69) is 0 Å². The molecule has 21 heavy (non-hydrogen) atoms. The smallest absolute Gasteiger partial charge is 0.306 e. The normalized spacial score (nSPS) is 17.1. The molecule has 0 saturated heterocycles. The fraction of sp³-hybridized carbons (Fsp3) is 0.562. The largest absolute Gasteiger partial charge is 0.496 e.